The Morgan fingerprint density at radius 1 is 0.857 bits per heavy atom. The van der Waals surface area contributed by atoms with Crippen molar-refractivity contribution in [1.82, 2.24) is 4.90 Å². The van der Waals surface area contributed by atoms with Crippen LogP contribution in [0, 0.1) is 17.8 Å². The Morgan fingerprint density at radius 3 is 2.11 bits per heavy atom. The van der Waals surface area contributed by atoms with Crippen molar-refractivity contribution in [3.8, 4) is 0 Å². The lowest BCUT2D eigenvalue weighted by atomic mass is 9.52. The van der Waals surface area contributed by atoms with Gasteiger partial charge in [-0.1, -0.05) is 69.6 Å². The van der Waals surface area contributed by atoms with Crippen LogP contribution in [0.2, 0.25) is 0 Å². The summed E-state index contributed by atoms with van der Waals surface area (Å²) < 4.78 is 1.10. The molecular weight excluding hydrogens is 412 g/mol. The molecule has 7 rings (SSSR count). The summed E-state index contributed by atoms with van der Waals surface area (Å²) in [6, 6.07) is 19.0. The molecule has 0 radical (unpaired) electrons. The third-order valence-electron chi connectivity index (χ3n) is 7.42. The lowest BCUT2D eigenvalue weighted by molar-refractivity contribution is -0.116. The molecule has 3 nitrogen and oxygen atoms in total. The molecule has 0 amide bonds. The highest BCUT2D eigenvalue weighted by atomic mass is 79.9. The van der Waals surface area contributed by atoms with Crippen LogP contribution in [0.4, 0.5) is 0 Å². The lowest BCUT2D eigenvalue weighted by Gasteiger charge is -2.60. The van der Waals surface area contributed by atoms with Crippen LogP contribution in [-0.2, 0) is 4.84 Å². The second kappa shape index (κ2) is 6.35. The van der Waals surface area contributed by atoms with Crippen molar-refractivity contribution in [2.24, 2.45) is 22.9 Å². The predicted octanol–water partition coefficient (Wildman–Crippen LogP) is 6.11. The van der Waals surface area contributed by atoms with Crippen LogP contribution < -0.4 is 0 Å². The molecule has 28 heavy (non-hydrogen) atoms. The minimum absolute atomic E-state index is 0.151. The standard InChI is InChI=1S/C24H25BrN2O/c25-21-9-5-4-8-20(21)23-27(22(26-28-23)19-6-2-1-3-7-19)24-13-16-10-17(14-24)12-18(11-16)15-24/h1-9,16-18,23H,10-15H2. The van der Waals surface area contributed by atoms with Crippen LogP contribution in [0.1, 0.15) is 55.9 Å². The molecule has 2 aromatic carbocycles. The summed E-state index contributed by atoms with van der Waals surface area (Å²) in [7, 11) is 0. The Balaban J connectivity index is 1.47. The van der Waals surface area contributed by atoms with Crippen molar-refractivity contribution in [1.29, 1.82) is 0 Å². The van der Waals surface area contributed by atoms with E-state index in [-0.39, 0.29) is 11.8 Å². The maximum absolute atomic E-state index is 6.17. The van der Waals surface area contributed by atoms with E-state index < -0.39 is 0 Å². The Morgan fingerprint density at radius 2 is 1.46 bits per heavy atom. The molecule has 0 saturated heterocycles. The molecule has 4 bridgehead atoms. The first-order chi connectivity index (χ1) is 13.7. The second-order valence-electron chi connectivity index (χ2n) is 9.27. The second-order valence-corrected chi connectivity index (χ2v) is 10.1. The molecule has 0 N–H and O–H groups in total. The fraction of sp³-hybridized carbons (Fsp3) is 0.458. The van der Waals surface area contributed by atoms with Crippen LogP contribution in [0.5, 0.6) is 0 Å². The SMILES string of the molecule is Brc1ccccc1C1ON=C(c2ccccc2)N1C12CC3CC(CC(C3)C1)C2. The molecule has 1 unspecified atom stereocenters. The molecule has 0 aromatic heterocycles. The van der Waals surface area contributed by atoms with E-state index in [1.807, 2.05) is 0 Å². The first-order valence-corrected chi connectivity index (χ1v) is 11.3. The van der Waals surface area contributed by atoms with Crippen LogP contribution >= 0.6 is 15.9 Å². The first kappa shape index (κ1) is 17.1. The number of oxime groups is 1. The number of rotatable bonds is 3. The van der Waals surface area contributed by atoms with Gasteiger partial charge in [-0.3, -0.25) is 0 Å². The largest absolute Gasteiger partial charge is 0.363 e. The lowest BCUT2D eigenvalue weighted by Crippen LogP contribution is -2.61. The molecule has 5 aliphatic rings. The number of amidine groups is 1. The van der Waals surface area contributed by atoms with Crippen LogP contribution in [0.25, 0.3) is 0 Å². The van der Waals surface area contributed by atoms with Gasteiger partial charge in [-0.05, 0) is 62.3 Å². The Kier molecular flexibility index (Phi) is 3.87. The zero-order valence-electron chi connectivity index (χ0n) is 15.9. The molecule has 4 heteroatoms. The van der Waals surface area contributed by atoms with Crippen molar-refractivity contribution in [3.05, 3.63) is 70.2 Å². The Hall–Kier alpha value is -1.81. The van der Waals surface area contributed by atoms with Crippen LogP contribution in [0.15, 0.2) is 64.2 Å². The van der Waals surface area contributed by atoms with E-state index in [9.17, 15) is 0 Å². The summed E-state index contributed by atoms with van der Waals surface area (Å²) >= 11 is 3.76. The van der Waals surface area contributed by atoms with Crippen molar-refractivity contribution < 1.29 is 4.84 Å². The van der Waals surface area contributed by atoms with E-state index >= 15 is 0 Å². The maximum atomic E-state index is 6.17. The van der Waals surface area contributed by atoms with E-state index in [0.29, 0.717) is 0 Å². The minimum Gasteiger partial charge on any atom is -0.363 e. The molecule has 4 aliphatic carbocycles. The van der Waals surface area contributed by atoms with Crippen molar-refractivity contribution >= 4 is 21.8 Å². The predicted molar refractivity (Wildman–Crippen MR) is 114 cm³/mol. The van der Waals surface area contributed by atoms with Gasteiger partial charge in [0.25, 0.3) is 0 Å². The van der Waals surface area contributed by atoms with Gasteiger partial charge in [-0.15, -0.1) is 0 Å². The van der Waals surface area contributed by atoms with E-state index in [1.54, 1.807) is 0 Å². The van der Waals surface area contributed by atoms with Crippen molar-refractivity contribution in [2.75, 3.05) is 0 Å². The Bertz CT molecular complexity index is 890. The summed E-state index contributed by atoms with van der Waals surface area (Å²) in [4.78, 5) is 8.75. The van der Waals surface area contributed by atoms with Gasteiger partial charge >= 0.3 is 0 Å². The monoisotopic (exact) mass is 436 g/mol. The zero-order valence-corrected chi connectivity index (χ0v) is 17.5. The van der Waals surface area contributed by atoms with Gasteiger partial charge in [0, 0.05) is 21.1 Å². The number of nitrogens with zero attached hydrogens (tertiary/aromatic N) is 2. The third kappa shape index (κ3) is 2.57. The topological polar surface area (TPSA) is 24.8 Å². The molecule has 0 spiro atoms. The molecule has 1 atom stereocenters. The van der Waals surface area contributed by atoms with Crippen molar-refractivity contribution in [3.63, 3.8) is 0 Å². The molecule has 144 valence electrons. The number of hydrogen-bond acceptors (Lipinski definition) is 3. The summed E-state index contributed by atoms with van der Waals surface area (Å²) in [5, 5.41) is 4.67. The molecule has 2 aromatic rings. The van der Waals surface area contributed by atoms with Gasteiger partial charge in [-0.25, -0.2) is 0 Å². The van der Waals surface area contributed by atoms with Crippen LogP contribution in [-0.4, -0.2) is 16.3 Å². The van der Waals surface area contributed by atoms with E-state index in [2.05, 4.69) is 80.6 Å². The molecule has 4 fully saturated rings. The highest BCUT2D eigenvalue weighted by molar-refractivity contribution is 9.10. The molecule has 1 aliphatic heterocycles. The summed E-state index contributed by atoms with van der Waals surface area (Å²) in [5.74, 6) is 3.65. The summed E-state index contributed by atoms with van der Waals surface area (Å²) in [5.41, 5.74) is 2.51. The third-order valence-corrected chi connectivity index (χ3v) is 8.14. The van der Waals surface area contributed by atoms with Gasteiger partial charge < -0.3 is 9.74 Å². The normalized spacial score (nSPS) is 35.8. The zero-order chi connectivity index (χ0) is 18.7. The van der Waals surface area contributed by atoms with E-state index in [4.69, 9.17) is 4.84 Å². The van der Waals surface area contributed by atoms with Gasteiger partial charge in [0.15, 0.2) is 5.84 Å². The average Bonchev–Trinajstić information content (AvgIpc) is 3.14. The molecule has 4 saturated carbocycles. The molecular formula is C24H25BrN2O. The maximum Gasteiger partial charge on any atom is 0.228 e. The van der Waals surface area contributed by atoms with Crippen LogP contribution in [0.3, 0.4) is 0 Å². The summed E-state index contributed by atoms with van der Waals surface area (Å²) in [6.45, 7) is 0. The van der Waals surface area contributed by atoms with Crippen molar-refractivity contribution in [2.45, 2.75) is 50.3 Å². The number of benzene rings is 2. The quantitative estimate of drug-likeness (QED) is 0.579. The van der Waals surface area contributed by atoms with E-state index in [0.717, 1.165) is 33.6 Å². The number of hydrogen-bond donors (Lipinski definition) is 0. The average molecular weight is 437 g/mol. The van der Waals surface area contributed by atoms with Gasteiger partial charge in [0.1, 0.15) is 0 Å². The van der Waals surface area contributed by atoms with E-state index in [1.165, 1.54) is 44.1 Å². The smallest absolute Gasteiger partial charge is 0.228 e. The van der Waals surface area contributed by atoms with Gasteiger partial charge in [-0.2, -0.15) is 0 Å². The first-order valence-electron chi connectivity index (χ1n) is 10.5. The van der Waals surface area contributed by atoms with Gasteiger partial charge in [0.2, 0.25) is 6.23 Å². The Labute approximate surface area is 174 Å². The van der Waals surface area contributed by atoms with Gasteiger partial charge in [0.05, 0.1) is 0 Å². The minimum atomic E-state index is -0.151. The fourth-order valence-electron chi connectivity index (χ4n) is 6.79. The summed E-state index contributed by atoms with van der Waals surface area (Å²) in [6.07, 6.45) is 8.02. The number of halogens is 1. The highest BCUT2D eigenvalue weighted by Crippen LogP contribution is 2.60. The highest BCUT2D eigenvalue weighted by Gasteiger charge is 2.57. The molecule has 1 heterocycles. The fourth-order valence-corrected chi connectivity index (χ4v) is 7.27.